The van der Waals surface area contributed by atoms with E-state index >= 15 is 0 Å². The maximum atomic E-state index is 13.0. The van der Waals surface area contributed by atoms with Gasteiger partial charge < -0.3 is 20.1 Å². The van der Waals surface area contributed by atoms with Gasteiger partial charge in [0.1, 0.15) is 5.82 Å². The first-order chi connectivity index (χ1) is 15.5. The van der Waals surface area contributed by atoms with Crippen molar-refractivity contribution >= 4 is 29.4 Å². The Hall–Kier alpha value is -3.23. The zero-order valence-electron chi connectivity index (χ0n) is 19.3. The van der Waals surface area contributed by atoms with Crippen molar-refractivity contribution in [2.24, 2.45) is 10.9 Å². The molecule has 1 aromatic carbocycles. The van der Waals surface area contributed by atoms with E-state index in [2.05, 4.69) is 33.7 Å². The summed E-state index contributed by atoms with van der Waals surface area (Å²) in [5.41, 5.74) is 0.755. The van der Waals surface area contributed by atoms with Gasteiger partial charge in [0.15, 0.2) is 0 Å². The summed E-state index contributed by atoms with van der Waals surface area (Å²) in [5, 5.41) is 2.72. The van der Waals surface area contributed by atoms with Gasteiger partial charge in [0.25, 0.3) is 0 Å². The second-order valence-electron chi connectivity index (χ2n) is 8.61. The minimum atomic E-state index is -4.42. The van der Waals surface area contributed by atoms with Gasteiger partial charge in [-0.2, -0.15) is 13.2 Å². The molecule has 0 bridgehead atoms. The van der Waals surface area contributed by atoms with Gasteiger partial charge in [-0.05, 0) is 56.5 Å². The lowest BCUT2D eigenvalue weighted by atomic mass is 9.79. The molecule has 2 unspecified atom stereocenters. The number of amides is 2. The van der Waals surface area contributed by atoms with E-state index in [0.29, 0.717) is 12.2 Å². The SMILES string of the molecule is C=C(c1cc[nH]c1N=CC)N1CCC(C)C(C)(N(C)C(=O)Nc2ccc(C(F)(F)F)cc2)C1. The Labute approximate surface area is 192 Å². The lowest BCUT2D eigenvalue weighted by molar-refractivity contribution is -0.137. The number of nitrogens with one attached hydrogen (secondary N) is 2. The van der Waals surface area contributed by atoms with Crippen molar-refractivity contribution in [1.29, 1.82) is 0 Å². The average Bonchev–Trinajstić information content (AvgIpc) is 3.23. The quantitative estimate of drug-likeness (QED) is 0.537. The van der Waals surface area contributed by atoms with Crippen molar-refractivity contribution in [2.45, 2.75) is 38.9 Å². The third-order valence-corrected chi connectivity index (χ3v) is 6.62. The lowest BCUT2D eigenvalue weighted by Gasteiger charge is -2.51. The number of anilines is 1. The van der Waals surface area contributed by atoms with Crippen LogP contribution in [0.2, 0.25) is 0 Å². The first-order valence-electron chi connectivity index (χ1n) is 10.8. The number of alkyl halides is 3. The van der Waals surface area contributed by atoms with Gasteiger partial charge in [0.2, 0.25) is 0 Å². The van der Waals surface area contributed by atoms with Gasteiger partial charge in [-0.1, -0.05) is 13.5 Å². The molecule has 1 aliphatic rings. The standard InChI is InChI=1S/C24H30F3N5O/c1-6-28-21-20(11-13-29-21)17(3)32-14-12-16(2)23(4,15-32)31(5)22(33)30-19-9-7-18(8-10-19)24(25,26)27/h6-11,13,16,29H,3,12,14-15H2,1-2,4-5H3,(H,30,33). The highest BCUT2D eigenvalue weighted by atomic mass is 19.4. The number of halogens is 3. The number of carbonyl (C=O) groups is 1. The smallest absolute Gasteiger partial charge is 0.369 e. The molecule has 1 saturated heterocycles. The molecule has 0 spiro atoms. The van der Waals surface area contributed by atoms with Crippen LogP contribution in [0.3, 0.4) is 0 Å². The summed E-state index contributed by atoms with van der Waals surface area (Å²) >= 11 is 0. The maximum absolute atomic E-state index is 13.0. The Kier molecular flexibility index (Phi) is 6.90. The summed E-state index contributed by atoms with van der Waals surface area (Å²) in [5.74, 6) is 0.931. The van der Waals surface area contributed by atoms with E-state index in [1.54, 1.807) is 18.2 Å². The summed E-state index contributed by atoms with van der Waals surface area (Å²) < 4.78 is 38.4. The molecule has 1 fully saturated rings. The number of nitrogens with zero attached hydrogens (tertiary/aromatic N) is 3. The number of aliphatic imine (C=N–C) groups is 1. The Morgan fingerprint density at radius 2 is 2.00 bits per heavy atom. The first-order valence-corrected chi connectivity index (χ1v) is 10.8. The molecule has 2 heterocycles. The van der Waals surface area contributed by atoms with Crippen LogP contribution in [0.25, 0.3) is 5.70 Å². The van der Waals surface area contributed by atoms with Crippen molar-refractivity contribution in [3.05, 3.63) is 54.2 Å². The Morgan fingerprint density at radius 1 is 1.33 bits per heavy atom. The molecule has 2 atom stereocenters. The number of rotatable bonds is 5. The number of aromatic nitrogens is 1. The fraction of sp³-hybridized carbons (Fsp3) is 0.417. The molecule has 178 valence electrons. The Balaban J connectivity index is 1.75. The Bertz CT molecular complexity index is 1030. The fourth-order valence-electron chi connectivity index (χ4n) is 4.13. The van der Waals surface area contributed by atoms with Gasteiger partial charge in [0.05, 0.1) is 11.1 Å². The number of likely N-dealkylation sites (tertiary alicyclic amines) is 1. The van der Waals surface area contributed by atoms with E-state index < -0.39 is 17.3 Å². The normalized spacial score (nSPS) is 21.3. The number of urea groups is 1. The number of H-pyrrole nitrogens is 1. The van der Waals surface area contributed by atoms with Gasteiger partial charge in [0, 0.05) is 49.5 Å². The Morgan fingerprint density at radius 3 is 2.61 bits per heavy atom. The average molecular weight is 462 g/mol. The van der Waals surface area contributed by atoms with E-state index in [1.165, 1.54) is 12.1 Å². The zero-order chi connectivity index (χ0) is 24.4. The highest BCUT2D eigenvalue weighted by Crippen LogP contribution is 2.37. The predicted octanol–water partition coefficient (Wildman–Crippen LogP) is 5.99. The molecule has 9 heteroatoms. The molecule has 1 aromatic heterocycles. The minimum absolute atomic E-state index is 0.198. The van der Waals surface area contributed by atoms with Crippen LogP contribution in [-0.2, 0) is 6.18 Å². The molecule has 6 nitrogen and oxygen atoms in total. The van der Waals surface area contributed by atoms with E-state index in [-0.39, 0.29) is 11.9 Å². The zero-order valence-corrected chi connectivity index (χ0v) is 19.3. The number of carbonyl (C=O) groups excluding carboxylic acids is 1. The molecule has 0 radical (unpaired) electrons. The number of hydrogen-bond donors (Lipinski definition) is 2. The first kappa shape index (κ1) is 24.4. The number of piperidine rings is 1. The predicted molar refractivity (Wildman–Crippen MR) is 126 cm³/mol. The molecule has 0 saturated carbocycles. The molecule has 1 aliphatic heterocycles. The molecule has 33 heavy (non-hydrogen) atoms. The molecule has 0 aliphatic carbocycles. The summed E-state index contributed by atoms with van der Waals surface area (Å²) in [6.07, 6.45) is -0.0369. The molecule has 3 rings (SSSR count). The van der Waals surface area contributed by atoms with Crippen LogP contribution in [-0.4, -0.2) is 52.7 Å². The van der Waals surface area contributed by atoms with Crippen LogP contribution < -0.4 is 5.32 Å². The number of likely N-dealkylation sites (N-methyl/N-ethyl adjacent to an activating group) is 1. The molecule has 2 N–H and O–H groups in total. The lowest BCUT2D eigenvalue weighted by Crippen LogP contribution is -2.61. The summed E-state index contributed by atoms with van der Waals surface area (Å²) in [6, 6.07) is 5.99. The van der Waals surface area contributed by atoms with Crippen molar-refractivity contribution < 1.29 is 18.0 Å². The topological polar surface area (TPSA) is 63.7 Å². The van der Waals surface area contributed by atoms with Crippen molar-refractivity contribution in [3.63, 3.8) is 0 Å². The van der Waals surface area contributed by atoms with Crippen LogP contribution in [0, 0.1) is 5.92 Å². The third kappa shape index (κ3) is 5.07. The summed E-state index contributed by atoms with van der Waals surface area (Å²) in [4.78, 5) is 24.3. The van der Waals surface area contributed by atoms with Crippen molar-refractivity contribution in [3.8, 4) is 0 Å². The maximum Gasteiger partial charge on any atom is 0.416 e. The largest absolute Gasteiger partial charge is 0.416 e. The highest BCUT2D eigenvalue weighted by molar-refractivity contribution is 5.89. The van der Waals surface area contributed by atoms with E-state index in [0.717, 1.165) is 42.2 Å². The van der Waals surface area contributed by atoms with Crippen LogP contribution in [0.5, 0.6) is 0 Å². The van der Waals surface area contributed by atoms with E-state index in [9.17, 15) is 18.0 Å². The van der Waals surface area contributed by atoms with Crippen LogP contribution >= 0.6 is 0 Å². The highest BCUT2D eigenvalue weighted by Gasteiger charge is 2.43. The van der Waals surface area contributed by atoms with Crippen molar-refractivity contribution in [2.75, 3.05) is 25.5 Å². The van der Waals surface area contributed by atoms with Crippen molar-refractivity contribution in [1.82, 2.24) is 14.8 Å². The molecular formula is C24H30F3N5O. The third-order valence-electron chi connectivity index (χ3n) is 6.62. The van der Waals surface area contributed by atoms with Crippen LogP contribution in [0.15, 0.2) is 48.1 Å². The molecule has 2 aromatic rings. The van der Waals surface area contributed by atoms with Crippen LogP contribution in [0.4, 0.5) is 29.5 Å². The molecular weight excluding hydrogens is 431 g/mol. The number of hydrogen-bond acceptors (Lipinski definition) is 3. The second kappa shape index (κ2) is 9.33. The number of benzene rings is 1. The minimum Gasteiger partial charge on any atom is -0.369 e. The number of aromatic amines is 1. The second-order valence-corrected chi connectivity index (χ2v) is 8.61. The van der Waals surface area contributed by atoms with Gasteiger partial charge in [-0.25, -0.2) is 9.79 Å². The fourth-order valence-corrected chi connectivity index (χ4v) is 4.13. The summed E-state index contributed by atoms with van der Waals surface area (Å²) in [7, 11) is 1.71. The van der Waals surface area contributed by atoms with Gasteiger partial charge in [-0.15, -0.1) is 0 Å². The van der Waals surface area contributed by atoms with Gasteiger partial charge in [-0.3, -0.25) is 0 Å². The van der Waals surface area contributed by atoms with Crippen LogP contribution in [0.1, 0.15) is 38.3 Å². The van der Waals surface area contributed by atoms with E-state index in [1.807, 2.05) is 26.1 Å². The monoisotopic (exact) mass is 461 g/mol. The van der Waals surface area contributed by atoms with E-state index in [4.69, 9.17) is 0 Å². The van der Waals surface area contributed by atoms with Gasteiger partial charge >= 0.3 is 12.2 Å². The summed E-state index contributed by atoms with van der Waals surface area (Å²) in [6.45, 7) is 11.6. The molecule has 2 amide bonds.